The Hall–Kier alpha value is -2.39. The van der Waals surface area contributed by atoms with Gasteiger partial charge in [0.1, 0.15) is 11.6 Å². The molecular weight excluding hydrogens is 502 g/mol. The summed E-state index contributed by atoms with van der Waals surface area (Å²) in [6.45, 7) is 30.8. The molecule has 0 spiro atoms. The molecule has 1 aromatic rings. The molecule has 3 unspecified atom stereocenters. The first-order valence-electron chi connectivity index (χ1n) is 16.1. The molecule has 0 aliphatic carbocycles. The summed E-state index contributed by atoms with van der Waals surface area (Å²) in [6, 6.07) is 8.67. The number of hydrogen-bond acceptors (Lipinski definition) is 3. The quantitative estimate of drug-likeness (QED) is 0.0829. The molecule has 3 nitrogen and oxygen atoms in total. The molecule has 0 aliphatic heterocycles. The van der Waals surface area contributed by atoms with E-state index in [1.165, 1.54) is 29.5 Å². The first-order valence-corrected chi connectivity index (χ1v) is 16.1. The van der Waals surface area contributed by atoms with Gasteiger partial charge in [0.15, 0.2) is 0 Å². The van der Waals surface area contributed by atoms with Crippen LogP contribution in [0.25, 0.3) is 5.57 Å². The van der Waals surface area contributed by atoms with Crippen molar-refractivity contribution < 1.29 is 9.53 Å². The molecule has 1 aromatic carbocycles. The Labute approximate surface area is 255 Å². The highest BCUT2D eigenvalue weighted by molar-refractivity contribution is 5.80. The van der Waals surface area contributed by atoms with Gasteiger partial charge in [0, 0.05) is 5.92 Å². The third-order valence-corrected chi connectivity index (χ3v) is 7.21. The third-order valence-electron chi connectivity index (χ3n) is 7.21. The van der Waals surface area contributed by atoms with Gasteiger partial charge in [0.25, 0.3) is 0 Å². The van der Waals surface area contributed by atoms with E-state index >= 15 is 0 Å². The van der Waals surface area contributed by atoms with Crippen LogP contribution in [0.5, 0.6) is 0 Å². The zero-order chi connectivity index (χ0) is 31.8. The van der Waals surface area contributed by atoms with Crippen LogP contribution in [0.2, 0.25) is 0 Å². The Bertz CT molecular complexity index is 897. The monoisotopic (exact) mass is 568 g/mol. The van der Waals surface area contributed by atoms with Crippen molar-refractivity contribution in [2.75, 3.05) is 7.05 Å². The highest BCUT2D eigenvalue weighted by atomic mass is 16.5. The van der Waals surface area contributed by atoms with Crippen molar-refractivity contribution in [3.63, 3.8) is 0 Å². The van der Waals surface area contributed by atoms with Crippen LogP contribution in [0, 0.1) is 5.92 Å². The summed E-state index contributed by atoms with van der Waals surface area (Å²) in [5.41, 5.74) is 4.31. The Morgan fingerprint density at radius 3 is 2.17 bits per heavy atom. The van der Waals surface area contributed by atoms with E-state index < -0.39 is 5.54 Å². The summed E-state index contributed by atoms with van der Waals surface area (Å²) in [4.78, 5) is 12.3. The molecule has 41 heavy (non-hydrogen) atoms. The molecule has 0 fully saturated rings. The number of nitrogens with one attached hydrogen (secondary N) is 1. The van der Waals surface area contributed by atoms with Gasteiger partial charge >= 0.3 is 5.97 Å². The third kappa shape index (κ3) is 16.6. The van der Waals surface area contributed by atoms with Gasteiger partial charge in [-0.25, -0.2) is 0 Å². The molecule has 3 heteroatoms. The van der Waals surface area contributed by atoms with Crippen molar-refractivity contribution in [3.8, 4) is 0 Å². The van der Waals surface area contributed by atoms with Gasteiger partial charge in [0.2, 0.25) is 0 Å². The molecule has 0 heterocycles. The van der Waals surface area contributed by atoms with Gasteiger partial charge in [-0.2, -0.15) is 0 Å². The predicted octanol–water partition coefficient (Wildman–Crippen LogP) is 11.2. The molecule has 0 bridgehead atoms. The Balaban J connectivity index is 0. The molecule has 0 aliphatic rings. The highest BCUT2D eigenvalue weighted by Gasteiger charge is 2.33. The lowest BCUT2D eigenvalue weighted by atomic mass is 9.84. The van der Waals surface area contributed by atoms with Crippen LogP contribution in [0.4, 0.5) is 0 Å². The summed E-state index contributed by atoms with van der Waals surface area (Å²) in [7, 11) is 1.84. The van der Waals surface area contributed by atoms with E-state index in [1.807, 2.05) is 40.0 Å². The number of allylic oxidation sites excluding steroid dienone is 5. The predicted molar refractivity (Wildman–Crippen MR) is 184 cm³/mol. The van der Waals surface area contributed by atoms with Gasteiger partial charge in [-0.05, 0) is 75.6 Å². The number of rotatable bonds is 18. The fourth-order valence-corrected chi connectivity index (χ4v) is 4.75. The number of esters is 1. The minimum atomic E-state index is -0.536. The first-order chi connectivity index (χ1) is 19.5. The van der Waals surface area contributed by atoms with Crippen LogP contribution in [-0.4, -0.2) is 24.7 Å². The van der Waals surface area contributed by atoms with Crippen LogP contribution in [0.1, 0.15) is 137 Å². The number of unbranched alkanes of at least 4 members (excludes halogenated alkanes) is 2. The summed E-state index contributed by atoms with van der Waals surface area (Å²) in [6.07, 6.45) is 15.3. The van der Waals surface area contributed by atoms with Gasteiger partial charge in [-0.15, -0.1) is 0 Å². The van der Waals surface area contributed by atoms with E-state index in [1.54, 1.807) is 6.08 Å². The molecule has 0 amide bonds. The summed E-state index contributed by atoms with van der Waals surface area (Å²) >= 11 is 0. The van der Waals surface area contributed by atoms with Crippen molar-refractivity contribution in [2.24, 2.45) is 5.92 Å². The number of carbonyl (C=O) groups excluding carboxylic acids is 1. The van der Waals surface area contributed by atoms with E-state index in [9.17, 15) is 4.79 Å². The van der Waals surface area contributed by atoms with Crippen LogP contribution in [0.3, 0.4) is 0 Å². The molecule has 0 aromatic heterocycles. The van der Waals surface area contributed by atoms with E-state index in [0.717, 1.165) is 50.5 Å². The minimum Gasteiger partial charge on any atom is -0.461 e. The van der Waals surface area contributed by atoms with Crippen molar-refractivity contribution >= 4 is 11.5 Å². The second-order valence-corrected chi connectivity index (χ2v) is 11.4. The minimum absolute atomic E-state index is 0.0909. The van der Waals surface area contributed by atoms with Gasteiger partial charge in [-0.1, -0.05) is 142 Å². The molecule has 3 atom stereocenters. The fraction of sp³-hybridized carbons (Fsp3) is 0.605. The maximum atomic E-state index is 12.3. The van der Waals surface area contributed by atoms with Crippen LogP contribution < -0.4 is 5.32 Å². The fourth-order valence-electron chi connectivity index (χ4n) is 4.75. The van der Waals surface area contributed by atoms with E-state index in [-0.39, 0.29) is 12.1 Å². The normalized spacial score (nSPS) is 13.9. The average Bonchev–Trinajstić information content (AvgIpc) is 2.96. The molecule has 0 radical (unpaired) electrons. The van der Waals surface area contributed by atoms with Crippen molar-refractivity contribution in [1.82, 2.24) is 5.32 Å². The van der Waals surface area contributed by atoms with E-state index in [2.05, 4.69) is 90.9 Å². The smallest absolute Gasteiger partial charge is 0.326 e. The van der Waals surface area contributed by atoms with E-state index in [0.29, 0.717) is 11.8 Å². The number of ether oxygens (including phenoxy) is 1. The second-order valence-electron chi connectivity index (χ2n) is 11.4. The highest BCUT2D eigenvalue weighted by Crippen LogP contribution is 2.31. The van der Waals surface area contributed by atoms with Crippen molar-refractivity contribution in [3.05, 3.63) is 78.9 Å². The van der Waals surface area contributed by atoms with Crippen molar-refractivity contribution in [2.45, 2.75) is 138 Å². The van der Waals surface area contributed by atoms with Gasteiger partial charge in [-0.3, -0.25) is 4.79 Å². The molecule has 234 valence electrons. The standard InChI is InChI=1S/C20H26.C16H33NO2.C2H6/c1-7-10-17(8-2)18-11-9-12-19(14-18)20(16(5)6)13-15(3)4;1-6-9-10-12-14(11-7-2)19-15(18)16(4,17-5)13-8-3;1-2/h7-12,14-15,20H,1-2,5,13H2,3-4,6H3;14,17H,6-13H2,1-5H3;1-2H3/b17-10+;;. The lowest BCUT2D eigenvalue weighted by Gasteiger charge is -2.29. The second kappa shape index (κ2) is 24.2. The zero-order valence-electron chi connectivity index (χ0n) is 28.6. The van der Waals surface area contributed by atoms with Crippen LogP contribution in [-0.2, 0) is 9.53 Å². The molecule has 0 saturated carbocycles. The Kier molecular flexibility index (Phi) is 24.1. The largest absolute Gasteiger partial charge is 0.461 e. The van der Waals surface area contributed by atoms with Crippen molar-refractivity contribution in [1.29, 1.82) is 0 Å². The van der Waals surface area contributed by atoms with Gasteiger partial charge < -0.3 is 10.1 Å². The molecule has 0 saturated heterocycles. The maximum absolute atomic E-state index is 12.3. The Morgan fingerprint density at radius 2 is 1.71 bits per heavy atom. The summed E-state index contributed by atoms with van der Waals surface area (Å²) < 4.78 is 5.74. The maximum Gasteiger partial charge on any atom is 0.326 e. The van der Waals surface area contributed by atoms with E-state index in [4.69, 9.17) is 4.74 Å². The van der Waals surface area contributed by atoms with Crippen LogP contribution in [0.15, 0.2) is 67.8 Å². The topological polar surface area (TPSA) is 38.3 Å². The molecule has 1 N–H and O–H groups in total. The lowest BCUT2D eigenvalue weighted by Crippen LogP contribution is -2.49. The number of benzene rings is 1. The lowest BCUT2D eigenvalue weighted by molar-refractivity contribution is -0.157. The average molecular weight is 568 g/mol. The first kappa shape index (κ1) is 40.7. The van der Waals surface area contributed by atoms with Crippen LogP contribution >= 0.6 is 0 Å². The number of likely N-dealkylation sites (N-methyl/N-ethyl adjacent to an activating group) is 1. The molecule has 1 rings (SSSR count). The Morgan fingerprint density at radius 1 is 1.05 bits per heavy atom. The van der Waals surface area contributed by atoms with Gasteiger partial charge in [0.05, 0.1) is 0 Å². The SMILES string of the molecule is C=C/C=C(\C=C)c1cccc(C(CC(C)C)C(=C)C)c1.CC.CCCCCC(CCC)OC(=O)C(C)(CCC)NC. The summed E-state index contributed by atoms with van der Waals surface area (Å²) in [5.74, 6) is 0.986. The summed E-state index contributed by atoms with van der Waals surface area (Å²) in [5, 5.41) is 3.12. The number of hydrogen-bond donors (Lipinski definition) is 1. The zero-order valence-corrected chi connectivity index (χ0v) is 28.6. The molecular formula is C38H65NO2. The number of carbonyl (C=O) groups is 1.